The molecule has 2 aromatic heterocycles. The van der Waals surface area contributed by atoms with Gasteiger partial charge in [0.05, 0.1) is 20.4 Å². The fourth-order valence-corrected chi connectivity index (χ4v) is 1.77. The largest absolute Gasteiger partial charge is 0.493 e. The molecule has 0 aromatic carbocycles. The Kier molecular flexibility index (Phi) is 4.60. The quantitative estimate of drug-likeness (QED) is 0.815. The molecule has 0 aliphatic heterocycles. The third-order valence-corrected chi connectivity index (χ3v) is 2.74. The molecule has 21 heavy (non-hydrogen) atoms. The molecule has 0 spiro atoms. The molecule has 8 nitrogen and oxygen atoms in total. The zero-order valence-corrected chi connectivity index (χ0v) is 12.1. The maximum atomic E-state index is 5.67. The van der Waals surface area contributed by atoms with Gasteiger partial charge in [-0.3, -0.25) is 4.98 Å². The lowest BCUT2D eigenvalue weighted by Crippen LogP contribution is -2.06. The molecule has 0 atom stereocenters. The van der Waals surface area contributed by atoms with E-state index in [0.29, 0.717) is 28.8 Å². The predicted molar refractivity (Wildman–Crippen MR) is 77.7 cm³/mol. The molecule has 3 N–H and O–H groups in total. The molecular weight excluding hydrogens is 274 g/mol. The van der Waals surface area contributed by atoms with Gasteiger partial charge in [-0.15, -0.1) is 0 Å². The fraction of sp³-hybridized carbons (Fsp3) is 0.308. The van der Waals surface area contributed by atoms with Crippen molar-refractivity contribution in [2.45, 2.75) is 6.61 Å². The van der Waals surface area contributed by atoms with E-state index in [9.17, 15) is 0 Å². The lowest BCUT2D eigenvalue weighted by atomic mass is 10.3. The van der Waals surface area contributed by atoms with Crippen LogP contribution in [0.15, 0.2) is 18.5 Å². The van der Waals surface area contributed by atoms with E-state index in [2.05, 4.69) is 20.3 Å². The number of nitrogen functional groups attached to an aromatic ring is 1. The van der Waals surface area contributed by atoms with Crippen LogP contribution in [0.3, 0.4) is 0 Å². The monoisotopic (exact) mass is 291 g/mol. The number of rotatable bonds is 6. The predicted octanol–water partition coefficient (Wildman–Crippen LogP) is 1.09. The van der Waals surface area contributed by atoms with Crippen molar-refractivity contribution in [1.29, 1.82) is 0 Å². The first-order chi connectivity index (χ1) is 10.2. The highest BCUT2D eigenvalue weighted by molar-refractivity contribution is 5.51. The van der Waals surface area contributed by atoms with E-state index in [1.165, 1.54) is 6.20 Å². The van der Waals surface area contributed by atoms with Gasteiger partial charge in [-0.1, -0.05) is 0 Å². The van der Waals surface area contributed by atoms with Crippen LogP contribution in [0.1, 0.15) is 5.69 Å². The second kappa shape index (κ2) is 6.60. The molecule has 2 rings (SSSR count). The van der Waals surface area contributed by atoms with Crippen LogP contribution in [0.5, 0.6) is 17.2 Å². The van der Waals surface area contributed by atoms with Gasteiger partial charge in [0, 0.05) is 19.3 Å². The summed E-state index contributed by atoms with van der Waals surface area (Å²) in [5, 5.41) is 2.89. The molecule has 0 saturated carbocycles. The van der Waals surface area contributed by atoms with Crippen LogP contribution in [-0.2, 0) is 6.61 Å². The Morgan fingerprint density at radius 1 is 1.19 bits per heavy atom. The number of ether oxygens (including phenoxy) is 3. The standard InChI is InChI=1S/C13H17N5O3/c1-15-12-10(6-17-13(14)18-12)21-7-8-11(20-3)9(19-2)4-5-16-8/h4-6H,7H2,1-3H3,(H3,14,15,17,18). The highest BCUT2D eigenvalue weighted by Crippen LogP contribution is 2.30. The minimum Gasteiger partial charge on any atom is -0.493 e. The molecule has 0 aliphatic carbocycles. The molecule has 0 bridgehead atoms. The van der Waals surface area contributed by atoms with E-state index in [0.717, 1.165) is 0 Å². The fourth-order valence-electron chi connectivity index (χ4n) is 1.77. The highest BCUT2D eigenvalue weighted by atomic mass is 16.5. The first-order valence-corrected chi connectivity index (χ1v) is 6.18. The van der Waals surface area contributed by atoms with Crippen molar-refractivity contribution in [3.63, 3.8) is 0 Å². The minimum atomic E-state index is 0.170. The number of nitrogens with zero attached hydrogens (tertiary/aromatic N) is 3. The van der Waals surface area contributed by atoms with Crippen LogP contribution < -0.4 is 25.3 Å². The number of hydrogen-bond donors (Lipinski definition) is 2. The first-order valence-electron chi connectivity index (χ1n) is 6.18. The third-order valence-electron chi connectivity index (χ3n) is 2.74. The summed E-state index contributed by atoms with van der Waals surface area (Å²) < 4.78 is 16.2. The molecule has 2 heterocycles. The van der Waals surface area contributed by atoms with E-state index in [1.54, 1.807) is 33.5 Å². The smallest absolute Gasteiger partial charge is 0.222 e. The van der Waals surface area contributed by atoms with Gasteiger partial charge in [0.25, 0.3) is 0 Å². The summed E-state index contributed by atoms with van der Waals surface area (Å²) in [6, 6.07) is 1.72. The number of methoxy groups -OCH3 is 2. The molecule has 8 heteroatoms. The van der Waals surface area contributed by atoms with Crippen LogP contribution in [-0.4, -0.2) is 36.2 Å². The summed E-state index contributed by atoms with van der Waals surface area (Å²) in [7, 11) is 4.84. The average Bonchev–Trinajstić information content (AvgIpc) is 2.52. The maximum Gasteiger partial charge on any atom is 0.222 e. The SMILES string of the molecule is CNc1nc(N)ncc1OCc1nccc(OC)c1OC. The van der Waals surface area contributed by atoms with E-state index in [4.69, 9.17) is 19.9 Å². The Bertz CT molecular complexity index is 621. The number of aromatic nitrogens is 3. The number of nitrogens with two attached hydrogens (primary N) is 1. The minimum absolute atomic E-state index is 0.170. The summed E-state index contributed by atoms with van der Waals surface area (Å²) in [6.07, 6.45) is 3.12. The molecule has 0 fully saturated rings. The van der Waals surface area contributed by atoms with E-state index < -0.39 is 0 Å². The van der Waals surface area contributed by atoms with E-state index in [1.807, 2.05) is 0 Å². The van der Waals surface area contributed by atoms with Gasteiger partial charge in [0.1, 0.15) is 12.3 Å². The number of hydrogen-bond acceptors (Lipinski definition) is 8. The van der Waals surface area contributed by atoms with Crippen molar-refractivity contribution in [1.82, 2.24) is 15.0 Å². The van der Waals surface area contributed by atoms with E-state index >= 15 is 0 Å². The van der Waals surface area contributed by atoms with Gasteiger partial charge in [0.15, 0.2) is 23.1 Å². The van der Waals surface area contributed by atoms with Gasteiger partial charge in [-0.05, 0) is 0 Å². The molecule has 2 aromatic rings. The summed E-state index contributed by atoms with van der Waals surface area (Å²) in [4.78, 5) is 12.2. The highest BCUT2D eigenvalue weighted by Gasteiger charge is 2.13. The Morgan fingerprint density at radius 2 is 2.00 bits per heavy atom. The molecular formula is C13H17N5O3. The zero-order valence-electron chi connectivity index (χ0n) is 12.1. The summed E-state index contributed by atoms with van der Waals surface area (Å²) in [6.45, 7) is 0.183. The Labute approximate surface area is 122 Å². The average molecular weight is 291 g/mol. The molecule has 0 unspecified atom stereocenters. The van der Waals surface area contributed by atoms with Crippen LogP contribution in [0.25, 0.3) is 0 Å². The second-order valence-electron chi connectivity index (χ2n) is 3.97. The van der Waals surface area contributed by atoms with E-state index in [-0.39, 0.29) is 12.6 Å². The number of nitrogens with one attached hydrogen (secondary N) is 1. The Balaban J connectivity index is 2.20. The number of pyridine rings is 1. The zero-order chi connectivity index (χ0) is 15.2. The molecule has 0 saturated heterocycles. The van der Waals surface area contributed by atoms with Gasteiger partial charge >= 0.3 is 0 Å². The lowest BCUT2D eigenvalue weighted by molar-refractivity contribution is 0.284. The first kappa shape index (κ1) is 14.6. The van der Waals surface area contributed by atoms with Gasteiger partial charge in [-0.2, -0.15) is 4.98 Å². The van der Waals surface area contributed by atoms with Crippen molar-refractivity contribution >= 4 is 11.8 Å². The summed E-state index contributed by atoms with van der Waals surface area (Å²) in [5.74, 6) is 2.27. The van der Waals surface area contributed by atoms with Crippen molar-refractivity contribution in [3.8, 4) is 17.2 Å². The van der Waals surface area contributed by atoms with Crippen LogP contribution in [0.2, 0.25) is 0 Å². The maximum absolute atomic E-state index is 5.67. The van der Waals surface area contributed by atoms with Crippen molar-refractivity contribution in [2.24, 2.45) is 0 Å². The lowest BCUT2D eigenvalue weighted by Gasteiger charge is -2.13. The molecule has 0 aliphatic rings. The normalized spacial score (nSPS) is 10.0. The topological polar surface area (TPSA) is 104 Å². The Hall–Kier alpha value is -2.77. The van der Waals surface area contributed by atoms with Gasteiger partial charge in [0.2, 0.25) is 5.95 Å². The van der Waals surface area contributed by atoms with Gasteiger partial charge in [-0.25, -0.2) is 4.98 Å². The number of anilines is 2. The summed E-state index contributed by atoms with van der Waals surface area (Å²) >= 11 is 0. The van der Waals surface area contributed by atoms with Crippen molar-refractivity contribution in [3.05, 3.63) is 24.2 Å². The van der Waals surface area contributed by atoms with Crippen LogP contribution in [0, 0.1) is 0 Å². The van der Waals surface area contributed by atoms with Crippen LogP contribution in [0.4, 0.5) is 11.8 Å². The van der Waals surface area contributed by atoms with Crippen LogP contribution >= 0.6 is 0 Å². The second-order valence-corrected chi connectivity index (χ2v) is 3.97. The molecule has 0 radical (unpaired) electrons. The molecule has 112 valence electrons. The molecule has 0 amide bonds. The van der Waals surface area contributed by atoms with Gasteiger partial charge < -0.3 is 25.3 Å². The third kappa shape index (κ3) is 3.22. The Morgan fingerprint density at radius 3 is 2.67 bits per heavy atom. The van der Waals surface area contributed by atoms with Crippen molar-refractivity contribution < 1.29 is 14.2 Å². The van der Waals surface area contributed by atoms with Crippen molar-refractivity contribution in [2.75, 3.05) is 32.3 Å². The summed E-state index contributed by atoms with van der Waals surface area (Å²) in [5.41, 5.74) is 6.13.